The van der Waals surface area contributed by atoms with Crippen LogP contribution in [0.25, 0.3) is 0 Å². The van der Waals surface area contributed by atoms with Crippen LogP contribution in [0.3, 0.4) is 0 Å². The Morgan fingerprint density at radius 1 is 1.64 bits per heavy atom. The summed E-state index contributed by atoms with van der Waals surface area (Å²) in [5, 5.41) is 10.6. The van der Waals surface area contributed by atoms with Crippen LogP contribution in [0.15, 0.2) is 17.1 Å². The van der Waals surface area contributed by atoms with Crippen molar-refractivity contribution in [3.63, 3.8) is 0 Å². The first-order valence-electron chi connectivity index (χ1n) is 3.97. The molecule has 14 heavy (non-hydrogen) atoms. The average Bonchev–Trinajstić information content (AvgIpc) is 2.49. The Morgan fingerprint density at radius 3 is 3.00 bits per heavy atom. The van der Waals surface area contributed by atoms with Crippen molar-refractivity contribution in [2.24, 2.45) is 0 Å². The molecule has 0 aromatic carbocycles. The zero-order valence-corrected chi connectivity index (χ0v) is 9.77. The second kappa shape index (κ2) is 4.25. The van der Waals surface area contributed by atoms with E-state index in [-0.39, 0.29) is 35.1 Å². The second-order valence-corrected chi connectivity index (χ2v) is 2.94. The molecular weight excluding hydrogens is 195 g/mol. The van der Waals surface area contributed by atoms with Crippen LogP contribution in [-0.2, 0) is 11.2 Å². The van der Waals surface area contributed by atoms with E-state index >= 15 is 0 Å². The molecule has 2 rings (SSSR count). The molecular formula is C8H7N2NaO3. The molecule has 1 aliphatic rings. The second-order valence-electron chi connectivity index (χ2n) is 2.94. The van der Waals surface area contributed by atoms with Gasteiger partial charge in [0, 0.05) is 18.7 Å². The van der Waals surface area contributed by atoms with E-state index in [2.05, 4.69) is 4.98 Å². The molecule has 6 heteroatoms. The summed E-state index contributed by atoms with van der Waals surface area (Å²) in [7, 11) is 0. The number of carboxylic acid groups (broad SMARTS) is 1. The topological polar surface area (TPSA) is 75.0 Å². The monoisotopic (exact) mass is 202 g/mol. The number of carboxylic acids is 1. The van der Waals surface area contributed by atoms with Gasteiger partial charge in [-0.25, -0.2) is 4.98 Å². The normalized spacial score (nSPS) is 18.4. The summed E-state index contributed by atoms with van der Waals surface area (Å²) >= 11 is 0. The fourth-order valence-electron chi connectivity index (χ4n) is 1.59. The molecule has 2 heterocycles. The van der Waals surface area contributed by atoms with Crippen molar-refractivity contribution < 1.29 is 39.5 Å². The molecule has 1 atom stereocenters. The molecule has 5 nitrogen and oxygen atoms in total. The Morgan fingerprint density at radius 2 is 2.36 bits per heavy atom. The third-order valence-corrected chi connectivity index (χ3v) is 2.18. The zero-order chi connectivity index (χ0) is 9.42. The van der Waals surface area contributed by atoms with E-state index < -0.39 is 12.0 Å². The summed E-state index contributed by atoms with van der Waals surface area (Å²) in [5.74, 6) is -0.685. The fourth-order valence-corrected chi connectivity index (χ4v) is 1.59. The Kier molecular flexibility index (Phi) is 3.47. The number of aryl methyl sites for hydroxylation is 1. The molecule has 0 spiro atoms. The third-order valence-electron chi connectivity index (χ3n) is 2.18. The van der Waals surface area contributed by atoms with E-state index in [1.807, 2.05) is 0 Å². The Bertz CT molecular complexity index is 415. The third kappa shape index (κ3) is 1.75. The number of rotatable bonds is 1. The minimum atomic E-state index is -1.21. The van der Waals surface area contributed by atoms with E-state index in [4.69, 9.17) is 0 Å². The quantitative estimate of drug-likeness (QED) is 0.430. The van der Waals surface area contributed by atoms with E-state index in [1.165, 1.54) is 16.8 Å². The first-order valence-corrected chi connectivity index (χ1v) is 3.97. The first-order chi connectivity index (χ1) is 6.20. The van der Waals surface area contributed by atoms with Gasteiger partial charge in [0.2, 0.25) is 0 Å². The Balaban J connectivity index is 0.000000980. The number of hydrogen-bond acceptors (Lipinski definition) is 4. The van der Waals surface area contributed by atoms with Gasteiger partial charge < -0.3 is 9.90 Å². The van der Waals surface area contributed by atoms with Crippen LogP contribution < -0.4 is 40.2 Å². The van der Waals surface area contributed by atoms with Crippen molar-refractivity contribution in [2.45, 2.75) is 18.9 Å². The minimum Gasteiger partial charge on any atom is -0.548 e. The number of aliphatic carboxylic acids is 1. The molecule has 1 unspecified atom stereocenters. The molecule has 0 saturated carbocycles. The molecule has 0 radical (unpaired) electrons. The molecule has 1 aromatic heterocycles. The Hall–Kier alpha value is -0.650. The smallest absolute Gasteiger partial charge is 0.548 e. The summed E-state index contributed by atoms with van der Waals surface area (Å²) in [6.07, 6.45) is 2.31. The summed E-state index contributed by atoms with van der Waals surface area (Å²) in [6, 6.07) is 0.418. The van der Waals surface area contributed by atoms with Gasteiger partial charge in [-0.3, -0.25) is 9.36 Å². The summed E-state index contributed by atoms with van der Waals surface area (Å²) in [5.41, 5.74) is -0.322. The maximum Gasteiger partial charge on any atom is 1.00 e. The van der Waals surface area contributed by atoms with Gasteiger partial charge in [-0.1, -0.05) is 0 Å². The van der Waals surface area contributed by atoms with E-state index in [0.717, 1.165) is 0 Å². The van der Waals surface area contributed by atoms with Crippen LogP contribution in [0.2, 0.25) is 0 Å². The van der Waals surface area contributed by atoms with Gasteiger partial charge in [0.15, 0.2) is 0 Å². The zero-order valence-electron chi connectivity index (χ0n) is 7.77. The molecule has 1 aliphatic heterocycles. The molecule has 0 fully saturated rings. The predicted molar refractivity (Wildman–Crippen MR) is 40.9 cm³/mol. The maximum atomic E-state index is 11.3. The van der Waals surface area contributed by atoms with Crippen LogP contribution in [0.1, 0.15) is 18.3 Å². The molecule has 68 valence electrons. The fraction of sp³-hybridized carbons (Fsp3) is 0.375. The van der Waals surface area contributed by atoms with Crippen LogP contribution in [0.4, 0.5) is 0 Å². The summed E-state index contributed by atoms with van der Waals surface area (Å²) in [4.78, 5) is 25.8. The van der Waals surface area contributed by atoms with E-state index in [9.17, 15) is 14.7 Å². The van der Waals surface area contributed by atoms with E-state index in [1.54, 1.807) is 0 Å². The molecule has 0 amide bonds. The number of fused-ring (bicyclic) bond motifs is 1. The predicted octanol–water partition coefficient (Wildman–Crippen LogP) is -4.52. The number of carbonyl (C=O) groups excluding carboxylic acids is 1. The first kappa shape index (κ1) is 11.4. The van der Waals surface area contributed by atoms with Crippen molar-refractivity contribution in [2.75, 3.05) is 0 Å². The van der Waals surface area contributed by atoms with Gasteiger partial charge in [-0.15, -0.1) is 0 Å². The number of aromatic nitrogens is 2. The van der Waals surface area contributed by atoms with Gasteiger partial charge in [-0.2, -0.15) is 0 Å². The molecule has 0 aliphatic carbocycles. The van der Waals surface area contributed by atoms with Crippen LogP contribution in [0, 0.1) is 0 Å². The van der Waals surface area contributed by atoms with Gasteiger partial charge in [-0.05, 0) is 6.42 Å². The van der Waals surface area contributed by atoms with Gasteiger partial charge in [0.25, 0.3) is 5.56 Å². The average molecular weight is 202 g/mol. The van der Waals surface area contributed by atoms with Crippen LogP contribution >= 0.6 is 0 Å². The summed E-state index contributed by atoms with van der Waals surface area (Å²) < 4.78 is 1.19. The van der Waals surface area contributed by atoms with Crippen LogP contribution in [0.5, 0.6) is 0 Å². The number of hydrogen-bond donors (Lipinski definition) is 0. The molecule has 0 saturated heterocycles. The standard InChI is InChI=1S/C8H8N2O3.Na/c11-7-3-4-9-6-2-1-5(8(12)13)10(6)7;/h3-5H,1-2H2,(H,12,13);/q;+1/p-1. The van der Waals surface area contributed by atoms with Gasteiger partial charge in [0.1, 0.15) is 5.82 Å². The van der Waals surface area contributed by atoms with Crippen molar-refractivity contribution in [1.29, 1.82) is 0 Å². The summed E-state index contributed by atoms with van der Waals surface area (Å²) in [6.45, 7) is 0. The number of carbonyl (C=O) groups is 1. The molecule has 0 bridgehead atoms. The van der Waals surface area contributed by atoms with Crippen molar-refractivity contribution in [3.05, 3.63) is 28.4 Å². The van der Waals surface area contributed by atoms with Crippen LogP contribution in [-0.4, -0.2) is 15.5 Å². The largest absolute Gasteiger partial charge is 1.00 e. The van der Waals surface area contributed by atoms with Crippen molar-refractivity contribution in [1.82, 2.24) is 9.55 Å². The maximum absolute atomic E-state index is 11.3. The minimum absolute atomic E-state index is 0. The van der Waals surface area contributed by atoms with Gasteiger partial charge >= 0.3 is 29.6 Å². The van der Waals surface area contributed by atoms with Crippen molar-refractivity contribution >= 4 is 5.97 Å². The number of nitrogens with zero attached hydrogens (tertiary/aromatic N) is 2. The Labute approximate surface area is 102 Å². The SMILES string of the molecule is O=C([O-])C1CCc2nccc(=O)n21.[Na+]. The van der Waals surface area contributed by atoms with E-state index in [0.29, 0.717) is 18.7 Å². The van der Waals surface area contributed by atoms with Gasteiger partial charge in [0.05, 0.1) is 12.0 Å². The molecule has 0 N–H and O–H groups in total. The molecule has 1 aromatic rings. The van der Waals surface area contributed by atoms with Crippen molar-refractivity contribution in [3.8, 4) is 0 Å².